The van der Waals surface area contributed by atoms with E-state index >= 15 is 0 Å². The van der Waals surface area contributed by atoms with E-state index in [0.717, 1.165) is 122 Å². The molecule has 0 saturated heterocycles. The summed E-state index contributed by atoms with van der Waals surface area (Å²) in [6.07, 6.45) is 97.5. The second kappa shape index (κ2) is 69.0. The maximum Gasteiger partial charge on any atom is 0.306 e. The molecule has 0 bridgehead atoms. The zero-order valence-electron chi connectivity index (χ0n) is 53.5. The van der Waals surface area contributed by atoms with Crippen LogP contribution >= 0.6 is 0 Å². The molecule has 0 radical (unpaired) electrons. The summed E-state index contributed by atoms with van der Waals surface area (Å²) in [6.45, 7) is 6.46. The van der Waals surface area contributed by atoms with E-state index in [1.165, 1.54) is 141 Å². The van der Waals surface area contributed by atoms with E-state index < -0.39 is 6.10 Å². The van der Waals surface area contributed by atoms with Gasteiger partial charge in [-0.1, -0.05) is 289 Å². The predicted octanol–water partition coefficient (Wildman–Crippen LogP) is 23.7. The fraction of sp³-hybridized carbons (Fsp3) is 0.671. The molecule has 1 atom stereocenters. The average Bonchev–Trinajstić information content (AvgIpc) is 3.47. The summed E-state index contributed by atoms with van der Waals surface area (Å²) in [5, 5.41) is 0. The molecule has 466 valence electrons. The van der Waals surface area contributed by atoms with Crippen LogP contribution in [0.15, 0.2) is 134 Å². The fourth-order valence-corrected chi connectivity index (χ4v) is 9.26. The third-order valence-corrected chi connectivity index (χ3v) is 14.4. The van der Waals surface area contributed by atoms with Crippen LogP contribution in [0.2, 0.25) is 0 Å². The summed E-state index contributed by atoms with van der Waals surface area (Å²) in [4.78, 5) is 38.4. The van der Waals surface area contributed by atoms with E-state index in [4.69, 9.17) is 14.2 Å². The van der Waals surface area contributed by atoms with E-state index in [1.807, 2.05) is 0 Å². The molecule has 0 saturated carbocycles. The van der Waals surface area contributed by atoms with Crippen molar-refractivity contribution in [3.8, 4) is 0 Å². The van der Waals surface area contributed by atoms with Crippen molar-refractivity contribution in [1.82, 2.24) is 0 Å². The molecule has 0 N–H and O–H groups in total. The van der Waals surface area contributed by atoms with Crippen molar-refractivity contribution >= 4 is 17.9 Å². The van der Waals surface area contributed by atoms with Crippen LogP contribution in [0.1, 0.15) is 310 Å². The van der Waals surface area contributed by atoms with Crippen molar-refractivity contribution < 1.29 is 28.6 Å². The van der Waals surface area contributed by atoms with Crippen molar-refractivity contribution in [2.75, 3.05) is 13.2 Å². The Morgan fingerprint density at radius 3 is 0.793 bits per heavy atom. The number of ether oxygens (including phenoxy) is 3. The SMILES string of the molecule is CC/C=C\C/C=C\C/C=C\C/C=C\C/C=C\C/C=C\C/C=C\CCCC(=O)OC(COC(=O)CCCCCCC/C=C\C/C=C\CCCCCC)COC(=O)CCCCCCCCCCCCCCC/C=C\C/C=C\CCCCCCC. The lowest BCUT2D eigenvalue weighted by Crippen LogP contribution is -2.30. The van der Waals surface area contributed by atoms with E-state index in [0.29, 0.717) is 19.3 Å². The van der Waals surface area contributed by atoms with Crippen LogP contribution in [0.3, 0.4) is 0 Å². The van der Waals surface area contributed by atoms with E-state index in [9.17, 15) is 14.4 Å². The monoisotopic (exact) mass is 1130 g/mol. The minimum atomic E-state index is -0.821. The van der Waals surface area contributed by atoms with Crippen molar-refractivity contribution in [2.24, 2.45) is 0 Å². The Balaban J connectivity index is 4.47. The van der Waals surface area contributed by atoms with Gasteiger partial charge in [-0.2, -0.15) is 0 Å². The molecule has 0 fully saturated rings. The zero-order chi connectivity index (χ0) is 59.2. The highest BCUT2D eigenvalue weighted by Crippen LogP contribution is 2.16. The number of hydrogen-bond donors (Lipinski definition) is 0. The molecule has 1 unspecified atom stereocenters. The number of esters is 3. The van der Waals surface area contributed by atoms with Gasteiger partial charge in [-0.3, -0.25) is 14.4 Å². The summed E-state index contributed by atoms with van der Waals surface area (Å²) in [5.41, 5.74) is 0. The van der Waals surface area contributed by atoms with Crippen LogP contribution in [0, 0.1) is 0 Å². The minimum Gasteiger partial charge on any atom is -0.462 e. The Morgan fingerprint density at radius 1 is 0.256 bits per heavy atom. The van der Waals surface area contributed by atoms with Gasteiger partial charge in [0.15, 0.2) is 6.10 Å². The largest absolute Gasteiger partial charge is 0.462 e. The van der Waals surface area contributed by atoms with Crippen LogP contribution in [0.25, 0.3) is 0 Å². The second-order valence-corrected chi connectivity index (χ2v) is 22.3. The van der Waals surface area contributed by atoms with E-state index in [2.05, 4.69) is 154 Å². The fourth-order valence-electron chi connectivity index (χ4n) is 9.26. The minimum absolute atomic E-state index is 0.109. The molecule has 0 aliphatic heterocycles. The smallest absolute Gasteiger partial charge is 0.306 e. The summed E-state index contributed by atoms with van der Waals surface area (Å²) in [7, 11) is 0. The molecule has 0 aromatic heterocycles. The molecule has 0 aliphatic rings. The van der Waals surface area contributed by atoms with Gasteiger partial charge >= 0.3 is 17.9 Å². The highest BCUT2D eigenvalue weighted by molar-refractivity contribution is 5.71. The number of rotatable bonds is 61. The third-order valence-electron chi connectivity index (χ3n) is 14.4. The first-order valence-corrected chi connectivity index (χ1v) is 34.2. The molecule has 0 heterocycles. The Morgan fingerprint density at radius 2 is 0.488 bits per heavy atom. The summed E-state index contributed by atoms with van der Waals surface area (Å²) < 4.78 is 16.9. The third kappa shape index (κ3) is 66.4. The molecule has 0 amide bonds. The van der Waals surface area contributed by atoms with Gasteiger partial charge in [0.1, 0.15) is 13.2 Å². The Bertz CT molecular complexity index is 1730. The summed E-state index contributed by atoms with van der Waals surface area (Å²) >= 11 is 0. The van der Waals surface area contributed by atoms with Crippen molar-refractivity contribution in [1.29, 1.82) is 0 Å². The molecule has 0 aromatic rings. The number of hydrogen-bond acceptors (Lipinski definition) is 6. The topological polar surface area (TPSA) is 78.9 Å². The lowest BCUT2D eigenvalue weighted by atomic mass is 10.0. The Labute approximate surface area is 506 Å². The molecule has 82 heavy (non-hydrogen) atoms. The van der Waals surface area contributed by atoms with Gasteiger partial charge in [-0.25, -0.2) is 0 Å². The standard InChI is InChI=1S/C76H126O6/c1-4-7-10-13-16-19-22-25-28-31-33-35-37-38-40-41-43-45-48-51-54-57-60-63-66-69-75(78)81-72-73(71-80-74(77)68-65-62-59-56-53-50-47-30-27-24-21-18-15-12-9-6-3)82-76(79)70-67-64-61-58-55-52-49-46-44-42-39-36-34-32-29-26-23-20-17-14-11-8-5-2/h8,11,17,20-22,24-26,29-31,33-34,36,42,44,47,49,52,58,61,73H,4-7,9-10,12-16,18-19,23,27-28,32,35,37-41,43,45-46,48,50-51,53-57,59-60,62-72H2,1-3H3/b11-8-,20-17-,24-21-,25-22-,29-26-,33-31-,36-34-,44-42-,47-30-,52-49-,61-58-. The maximum atomic E-state index is 12.9. The van der Waals surface area contributed by atoms with Crippen LogP contribution in [0.4, 0.5) is 0 Å². The first kappa shape index (κ1) is 77.5. The number of unbranched alkanes of at least 4 members (excludes halogenated alkanes) is 28. The average molecular weight is 1140 g/mol. The normalized spacial score (nSPS) is 13.0. The number of allylic oxidation sites excluding steroid dienone is 22. The predicted molar refractivity (Wildman–Crippen MR) is 357 cm³/mol. The van der Waals surface area contributed by atoms with E-state index in [-0.39, 0.29) is 37.5 Å². The van der Waals surface area contributed by atoms with Crippen molar-refractivity contribution in [3.05, 3.63) is 134 Å². The van der Waals surface area contributed by atoms with Gasteiger partial charge in [-0.05, 0) is 135 Å². The summed E-state index contributed by atoms with van der Waals surface area (Å²) in [6, 6.07) is 0. The number of carbonyl (C=O) groups is 3. The van der Waals surface area contributed by atoms with Gasteiger partial charge in [0.2, 0.25) is 0 Å². The quantitative estimate of drug-likeness (QED) is 0.0261. The lowest BCUT2D eigenvalue weighted by Gasteiger charge is -2.18. The van der Waals surface area contributed by atoms with Gasteiger partial charge in [-0.15, -0.1) is 0 Å². The van der Waals surface area contributed by atoms with Crippen LogP contribution in [-0.4, -0.2) is 37.2 Å². The van der Waals surface area contributed by atoms with Gasteiger partial charge in [0.25, 0.3) is 0 Å². The van der Waals surface area contributed by atoms with Gasteiger partial charge in [0, 0.05) is 19.3 Å². The van der Waals surface area contributed by atoms with Crippen LogP contribution < -0.4 is 0 Å². The molecule has 0 rings (SSSR count). The summed E-state index contributed by atoms with van der Waals surface area (Å²) in [5.74, 6) is -0.978. The molecule has 0 aromatic carbocycles. The Hall–Kier alpha value is -4.45. The molecule has 0 spiro atoms. The first-order chi connectivity index (χ1) is 40.5. The van der Waals surface area contributed by atoms with Gasteiger partial charge in [0.05, 0.1) is 0 Å². The highest BCUT2D eigenvalue weighted by atomic mass is 16.6. The van der Waals surface area contributed by atoms with Crippen LogP contribution in [0.5, 0.6) is 0 Å². The zero-order valence-corrected chi connectivity index (χ0v) is 53.5. The first-order valence-electron chi connectivity index (χ1n) is 34.2. The van der Waals surface area contributed by atoms with Crippen molar-refractivity contribution in [3.63, 3.8) is 0 Å². The lowest BCUT2D eigenvalue weighted by molar-refractivity contribution is -0.167. The second-order valence-electron chi connectivity index (χ2n) is 22.3. The van der Waals surface area contributed by atoms with Gasteiger partial charge < -0.3 is 14.2 Å². The number of carbonyl (C=O) groups excluding carboxylic acids is 3. The molecular formula is C76H126O6. The van der Waals surface area contributed by atoms with E-state index in [1.54, 1.807) is 0 Å². The highest BCUT2D eigenvalue weighted by Gasteiger charge is 2.19. The van der Waals surface area contributed by atoms with Crippen molar-refractivity contribution in [2.45, 2.75) is 316 Å². The maximum absolute atomic E-state index is 12.9. The molecular weight excluding hydrogens is 1010 g/mol. The molecule has 6 heteroatoms. The Kier molecular flexibility index (Phi) is 65.3. The molecule has 6 nitrogen and oxygen atoms in total. The molecule has 0 aliphatic carbocycles. The van der Waals surface area contributed by atoms with Crippen LogP contribution in [-0.2, 0) is 28.6 Å².